The van der Waals surface area contributed by atoms with Crippen molar-refractivity contribution in [1.82, 2.24) is 10.6 Å². The van der Waals surface area contributed by atoms with Crippen molar-refractivity contribution in [2.75, 3.05) is 13.2 Å². The monoisotopic (exact) mass is 679 g/mol. The molecule has 0 aliphatic carbocycles. The molecule has 0 aromatic rings. The van der Waals surface area contributed by atoms with Crippen molar-refractivity contribution < 1.29 is 34.1 Å². The molecule has 0 fully saturated rings. The van der Waals surface area contributed by atoms with E-state index in [9.17, 15) is 19.2 Å². The number of amides is 2. The van der Waals surface area contributed by atoms with Gasteiger partial charge in [0.1, 0.15) is 12.1 Å². The van der Waals surface area contributed by atoms with E-state index in [1.807, 2.05) is 6.08 Å². The highest BCUT2D eigenvalue weighted by Crippen LogP contribution is 2.15. The molecule has 0 rings (SSSR count). The second-order valence-electron chi connectivity index (χ2n) is 13.0. The van der Waals surface area contributed by atoms with Crippen LogP contribution in [0.2, 0.25) is 0 Å². The Morgan fingerprint density at radius 1 is 0.625 bits per heavy atom. The van der Waals surface area contributed by atoms with Crippen LogP contribution in [-0.2, 0) is 23.9 Å². The fraction of sp³-hybridized carbons (Fsp3) is 0.795. The summed E-state index contributed by atoms with van der Waals surface area (Å²) in [7, 11) is 0. The van der Waals surface area contributed by atoms with Gasteiger partial charge in [-0.15, -0.1) is 0 Å². The van der Waals surface area contributed by atoms with Crippen LogP contribution in [0.3, 0.4) is 0 Å². The lowest BCUT2D eigenvalue weighted by Gasteiger charge is -2.15. The molecule has 0 saturated carbocycles. The van der Waals surface area contributed by atoms with Gasteiger partial charge in [-0.25, -0.2) is 4.79 Å². The second kappa shape index (κ2) is 34.2. The van der Waals surface area contributed by atoms with Gasteiger partial charge in [-0.3, -0.25) is 14.4 Å². The Labute approximate surface area is 292 Å². The molecule has 0 aliphatic heterocycles. The predicted molar refractivity (Wildman–Crippen MR) is 195 cm³/mol. The minimum Gasteiger partial charge on any atom is -0.480 e. The summed E-state index contributed by atoms with van der Waals surface area (Å²) < 4.78 is 5.79. The number of hydrogen-bond acceptors (Lipinski definition) is 6. The van der Waals surface area contributed by atoms with Gasteiger partial charge in [0, 0.05) is 12.8 Å². The van der Waals surface area contributed by atoms with Gasteiger partial charge in [0.05, 0.1) is 13.2 Å². The summed E-state index contributed by atoms with van der Waals surface area (Å²) in [6.07, 6.45) is 35.5. The maximum atomic E-state index is 12.5. The molecular formula is C39H70N2O7. The molecule has 0 aromatic carbocycles. The third-order valence-corrected chi connectivity index (χ3v) is 8.39. The van der Waals surface area contributed by atoms with Gasteiger partial charge in [-0.2, -0.15) is 0 Å². The summed E-state index contributed by atoms with van der Waals surface area (Å²) in [5.41, 5.74) is 0. The molecule has 0 radical (unpaired) electrons. The van der Waals surface area contributed by atoms with E-state index in [0.717, 1.165) is 51.4 Å². The number of carbonyl (C=O) groups is 4. The fourth-order valence-electron chi connectivity index (χ4n) is 5.39. The molecule has 0 aliphatic rings. The number of unbranched alkanes of at least 4 members (excludes halogenated alkanes) is 18. The minimum absolute atomic E-state index is 0.126. The lowest BCUT2D eigenvalue weighted by molar-refractivity contribution is -0.147. The van der Waals surface area contributed by atoms with E-state index in [2.05, 4.69) is 42.7 Å². The van der Waals surface area contributed by atoms with E-state index in [0.29, 0.717) is 12.8 Å². The van der Waals surface area contributed by atoms with Crippen LogP contribution in [0, 0.1) is 0 Å². The number of aliphatic carboxylic acids is 1. The van der Waals surface area contributed by atoms with Crippen LogP contribution in [0.1, 0.15) is 174 Å². The average molecular weight is 679 g/mol. The normalized spacial score (nSPS) is 12.7. The average Bonchev–Trinajstić information content (AvgIpc) is 3.07. The first-order chi connectivity index (χ1) is 23.3. The van der Waals surface area contributed by atoms with Crippen LogP contribution >= 0.6 is 0 Å². The Bertz CT molecular complexity index is 874. The number of esters is 1. The van der Waals surface area contributed by atoms with Crippen LogP contribution in [0.25, 0.3) is 0 Å². The first-order valence-electron chi connectivity index (χ1n) is 19.2. The van der Waals surface area contributed by atoms with Crippen molar-refractivity contribution in [2.24, 2.45) is 0 Å². The van der Waals surface area contributed by atoms with Crippen LogP contribution in [0.4, 0.5) is 0 Å². The Kier molecular flexibility index (Phi) is 32.3. The Morgan fingerprint density at radius 2 is 1.17 bits per heavy atom. The molecule has 0 spiro atoms. The second-order valence-corrected chi connectivity index (χ2v) is 13.0. The lowest BCUT2D eigenvalue weighted by atomic mass is 10.1. The van der Waals surface area contributed by atoms with E-state index >= 15 is 0 Å². The molecule has 9 heteroatoms. The lowest BCUT2D eigenvalue weighted by Crippen LogP contribution is -2.47. The maximum absolute atomic E-state index is 12.5. The van der Waals surface area contributed by atoms with Gasteiger partial charge in [0.2, 0.25) is 11.8 Å². The van der Waals surface area contributed by atoms with Gasteiger partial charge < -0.3 is 25.6 Å². The van der Waals surface area contributed by atoms with Crippen LogP contribution < -0.4 is 10.6 Å². The molecular weight excluding hydrogens is 608 g/mol. The molecule has 9 nitrogen and oxygen atoms in total. The number of hydrogen-bond donors (Lipinski definition) is 4. The highest BCUT2D eigenvalue weighted by Gasteiger charge is 2.18. The Balaban J connectivity index is 3.93. The number of nitrogens with one attached hydrogen (secondary N) is 2. The van der Waals surface area contributed by atoms with Crippen molar-refractivity contribution in [2.45, 2.75) is 187 Å². The van der Waals surface area contributed by atoms with Crippen LogP contribution in [0.5, 0.6) is 0 Å². The summed E-state index contributed by atoms with van der Waals surface area (Å²) in [6.45, 7) is 3.33. The molecule has 4 N–H and O–H groups in total. The molecule has 48 heavy (non-hydrogen) atoms. The first kappa shape index (κ1) is 45.3. The van der Waals surface area contributed by atoms with Gasteiger partial charge in [-0.05, 0) is 63.9 Å². The summed E-state index contributed by atoms with van der Waals surface area (Å²) in [5, 5.41) is 22.4. The van der Waals surface area contributed by atoms with Crippen molar-refractivity contribution in [3.63, 3.8) is 0 Å². The van der Waals surface area contributed by atoms with Crippen molar-refractivity contribution >= 4 is 23.8 Å². The number of carboxylic acid groups (broad SMARTS) is 1. The molecule has 0 heterocycles. The highest BCUT2D eigenvalue weighted by atomic mass is 16.5. The number of ether oxygens (including phenoxy) is 1. The van der Waals surface area contributed by atoms with Crippen LogP contribution in [0.15, 0.2) is 24.3 Å². The zero-order valence-corrected chi connectivity index (χ0v) is 30.5. The third-order valence-electron chi connectivity index (χ3n) is 8.39. The molecule has 2 amide bonds. The predicted octanol–water partition coefficient (Wildman–Crippen LogP) is 8.48. The number of aliphatic hydroxyl groups excluding tert-OH is 1. The van der Waals surface area contributed by atoms with Gasteiger partial charge in [0.25, 0.3) is 0 Å². The SMILES string of the molecule is CCC/C=C\C(CCCCCCC(=O)NCC(=O)NC(CO)C(=O)O)OC(=O)CCCCCCCCC/C=C\CCCCCCCCC. The third kappa shape index (κ3) is 30.6. The van der Waals surface area contributed by atoms with Gasteiger partial charge in [-0.1, -0.05) is 122 Å². The largest absolute Gasteiger partial charge is 0.480 e. The molecule has 0 aromatic heterocycles. The van der Waals surface area contributed by atoms with Gasteiger partial charge >= 0.3 is 11.9 Å². The minimum atomic E-state index is -1.39. The summed E-state index contributed by atoms with van der Waals surface area (Å²) in [6, 6.07) is -1.39. The smallest absolute Gasteiger partial charge is 0.328 e. The Hall–Kier alpha value is -2.68. The number of aliphatic hydroxyl groups is 1. The van der Waals surface area contributed by atoms with E-state index in [4.69, 9.17) is 14.9 Å². The molecule has 2 atom stereocenters. The van der Waals surface area contributed by atoms with Gasteiger partial charge in [0.15, 0.2) is 0 Å². The topological polar surface area (TPSA) is 142 Å². The summed E-state index contributed by atoms with van der Waals surface area (Å²) >= 11 is 0. The number of carboxylic acids is 1. The maximum Gasteiger partial charge on any atom is 0.328 e. The van der Waals surface area contributed by atoms with E-state index in [1.165, 1.54) is 89.9 Å². The molecule has 0 saturated heterocycles. The van der Waals surface area contributed by atoms with Crippen molar-refractivity contribution in [3.05, 3.63) is 24.3 Å². The fourth-order valence-corrected chi connectivity index (χ4v) is 5.39. The van der Waals surface area contributed by atoms with E-state index in [-0.39, 0.29) is 30.9 Å². The summed E-state index contributed by atoms with van der Waals surface area (Å²) in [4.78, 5) is 47.1. The van der Waals surface area contributed by atoms with Crippen molar-refractivity contribution in [1.29, 1.82) is 0 Å². The molecule has 278 valence electrons. The molecule has 0 bridgehead atoms. The first-order valence-corrected chi connectivity index (χ1v) is 19.2. The number of carbonyl (C=O) groups excluding carboxylic acids is 3. The number of rotatable bonds is 34. The highest BCUT2D eigenvalue weighted by molar-refractivity contribution is 5.87. The number of allylic oxidation sites excluding steroid dienone is 3. The van der Waals surface area contributed by atoms with E-state index < -0.39 is 24.5 Å². The Morgan fingerprint density at radius 3 is 1.73 bits per heavy atom. The zero-order valence-electron chi connectivity index (χ0n) is 30.5. The van der Waals surface area contributed by atoms with Crippen LogP contribution in [-0.4, -0.2) is 59.3 Å². The van der Waals surface area contributed by atoms with Crippen molar-refractivity contribution in [3.8, 4) is 0 Å². The zero-order chi connectivity index (χ0) is 35.5. The standard InChI is InChI=1S/C39H70N2O7/c1-3-5-7-8-9-10-11-12-13-14-15-16-17-18-19-20-21-27-31-38(45)48-34(28-24-6-4-2)29-25-22-23-26-30-36(43)40-32-37(44)41-35(33-42)39(46)47/h13-14,24,28,34-35,42H,3-12,15-23,25-27,29-33H2,1-2H3,(H,40,43)(H,41,44)(H,46,47)/b14-13-,28-24-. The quantitative estimate of drug-likeness (QED) is 0.0304. The summed E-state index contributed by atoms with van der Waals surface area (Å²) in [5.74, 6) is -2.42. The van der Waals surface area contributed by atoms with E-state index in [1.54, 1.807) is 0 Å². The molecule has 2 unspecified atom stereocenters.